The first-order valence-electron chi connectivity index (χ1n) is 14.2. The fraction of sp³-hybridized carbons (Fsp3) is 0.387. The molecule has 0 spiro atoms. The number of carbonyl (C=O) groups is 1. The fourth-order valence-corrected chi connectivity index (χ4v) is 6.58. The number of nitro groups is 1. The molecule has 0 saturated carbocycles. The van der Waals surface area contributed by atoms with Crippen molar-refractivity contribution in [1.29, 1.82) is 0 Å². The summed E-state index contributed by atoms with van der Waals surface area (Å²) in [4.78, 5) is 45.5. The van der Waals surface area contributed by atoms with Gasteiger partial charge in [-0.15, -0.1) is 0 Å². The number of likely N-dealkylation sites (tertiary alicyclic amines) is 1. The van der Waals surface area contributed by atoms with Crippen molar-refractivity contribution in [2.24, 2.45) is 4.99 Å². The molecule has 0 radical (unpaired) electrons. The van der Waals surface area contributed by atoms with E-state index in [-0.39, 0.29) is 27.7 Å². The summed E-state index contributed by atoms with van der Waals surface area (Å²) in [5, 5.41) is 12.1. The molecule has 0 aliphatic carbocycles. The largest absolute Gasteiger partial charge is 0.490 e. The highest BCUT2D eigenvalue weighted by atomic mass is 32.1. The lowest BCUT2D eigenvalue weighted by Crippen LogP contribution is -2.39. The van der Waals surface area contributed by atoms with Gasteiger partial charge in [-0.3, -0.25) is 19.5 Å². The molecular weight excluding hydrogens is 572 g/mol. The number of ether oxygens (including phenoxy) is 3. The molecule has 1 saturated heterocycles. The van der Waals surface area contributed by atoms with E-state index in [0.29, 0.717) is 45.2 Å². The molecule has 11 nitrogen and oxygen atoms in total. The minimum atomic E-state index is -0.832. The lowest BCUT2D eigenvalue weighted by molar-refractivity contribution is -0.385. The predicted molar refractivity (Wildman–Crippen MR) is 163 cm³/mol. The van der Waals surface area contributed by atoms with Crippen LogP contribution in [0.5, 0.6) is 11.5 Å². The number of methoxy groups -OCH3 is 1. The average Bonchev–Trinajstić information content (AvgIpc) is 3.32. The smallest absolute Gasteiger partial charge is 0.337 e. The zero-order valence-electron chi connectivity index (χ0n) is 24.6. The van der Waals surface area contributed by atoms with Crippen molar-refractivity contribution < 1.29 is 23.9 Å². The van der Waals surface area contributed by atoms with Gasteiger partial charge in [0.2, 0.25) is 0 Å². The summed E-state index contributed by atoms with van der Waals surface area (Å²) in [5.41, 5.74) is 1.74. The Morgan fingerprint density at radius 1 is 1.12 bits per heavy atom. The molecule has 3 aromatic rings. The van der Waals surface area contributed by atoms with Crippen LogP contribution in [0.1, 0.15) is 55.3 Å². The quantitative estimate of drug-likeness (QED) is 0.206. The highest BCUT2D eigenvalue weighted by molar-refractivity contribution is 7.07. The molecule has 2 aromatic carbocycles. The molecule has 2 aliphatic heterocycles. The summed E-state index contributed by atoms with van der Waals surface area (Å²) in [6, 6.07) is 9.61. The maximum atomic E-state index is 13.9. The number of fused-ring (bicyclic) bond motifs is 1. The number of hydrogen-bond acceptors (Lipinski definition) is 10. The molecule has 1 aromatic heterocycles. The number of rotatable bonds is 9. The first-order chi connectivity index (χ1) is 20.7. The van der Waals surface area contributed by atoms with Crippen LogP contribution in [-0.2, 0) is 9.53 Å². The van der Waals surface area contributed by atoms with E-state index in [1.54, 1.807) is 24.3 Å². The monoisotopic (exact) mass is 606 g/mol. The zero-order chi connectivity index (χ0) is 30.7. The summed E-state index contributed by atoms with van der Waals surface area (Å²) < 4.78 is 18.3. The Morgan fingerprint density at radius 3 is 2.51 bits per heavy atom. The number of thiazole rings is 1. The Labute approximate surface area is 252 Å². The first kappa shape index (κ1) is 30.2. The second kappa shape index (κ2) is 12.9. The maximum absolute atomic E-state index is 13.9. The third-order valence-corrected chi connectivity index (χ3v) is 8.71. The van der Waals surface area contributed by atoms with E-state index in [9.17, 15) is 19.7 Å². The molecule has 1 atom stereocenters. The molecule has 2 aliphatic rings. The Bertz CT molecular complexity index is 1750. The molecular formula is C31H34N4O7S. The van der Waals surface area contributed by atoms with E-state index in [4.69, 9.17) is 14.2 Å². The van der Waals surface area contributed by atoms with Gasteiger partial charge >= 0.3 is 5.97 Å². The van der Waals surface area contributed by atoms with E-state index in [1.807, 2.05) is 26.0 Å². The highest BCUT2D eigenvalue weighted by Gasteiger charge is 2.32. The molecule has 5 rings (SSSR count). The van der Waals surface area contributed by atoms with Crippen LogP contribution < -0.4 is 24.4 Å². The molecule has 0 amide bonds. The van der Waals surface area contributed by atoms with Crippen molar-refractivity contribution in [3.8, 4) is 11.5 Å². The topological polar surface area (TPSA) is 126 Å². The Kier molecular flexibility index (Phi) is 9.07. The number of aromatic nitrogens is 1. The average molecular weight is 607 g/mol. The number of nitro benzene ring substituents is 1. The third-order valence-electron chi connectivity index (χ3n) is 7.72. The van der Waals surface area contributed by atoms with Gasteiger partial charge in [0.25, 0.3) is 11.2 Å². The van der Waals surface area contributed by atoms with Gasteiger partial charge in [-0.1, -0.05) is 29.5 Å². The van der Waals surface area contributed by atoms with E-state index in [2.05, 4.69) is 16.9 Å². The molecule has 3 heterocycles. The van der Waals surface area contributed by atoms with Crippen molar-refractivity contribution in [1.82, 2.24) is 9.47 Å². The van der Waals surface area contributed by atoms with Crippen molar-refractivity contribution >= 4 is 29.1 Å². The molecule has 0 N–H and O–H groups in total. The Hall–Kier alpha value is -4.29. The molecule has 1 fully saturated rings. The van der Waals surface area contributed by atoms with Crippen molar-refractivity contribution in [2.45, 2.75) is 38.6 Å². The molecule has 12 heteroatoms. The van der Waals surface area contributed by atoms with Gasteiger partial charge in [0.05, 0.1) is 41.4 Å². The third kappa shape index (κ3) is 6.11. The van der Waals surface area contributed by atoms with Gasteiger partial charge in [-0.2, -0.15) is 0 Å². The highest BCUT2D eigenvalue weighted by Crippen LogP contribution is 2.36. The number of nitrogens with zero attached hydrogens (tertiary/aromatic N) is 4. The minimum absolute atomic E-state index is 0.0553. The number of hydrogen-bond donors (Lipinski definition) is 0. The van der Waals surface area contributed by atoms with E-state index >= 15 is 0 Å². The van der Waals surface area contributed by atoms with E-state index in [1.165, 1.54) is 23.9 Å². The number of benzene rings is 2. The molecule has 43 heavy (non-hydrogen) atoms. The van der Waals surface area contributed by atoms with Gasteiger partial charge in [0.1, 0.15) is 0 Å². The number of esters is 1. The lowest BCUT2D eigenvalue weighted by atomic mass is 9.88. The van der Waals surface area contributed by atoms with Gasteiger partial charge in [0, 0.05) is 17.8 Å². The van der Waals surface area contributed by atoms with Crippen LogP contribution in [0.15, 0.2) is 58.0 Å². The fourth-order valence-electron chi connectivity index (χ4n) is 5.61. The van der Waals surface area contributed by atoms with Gasteiger partial charge in [-0.05, 0) is 82.1 Å². The van der Waals surface area contributed by atoms with Gasteiger partial charge in [0.15, 0.2) is 16.3 Å². The van der Waals surface area contributed by atoms with Gasteiger partial charge < -0.3 is 19.1 Å². The lowest BCUT2D eigenvalue weighted by Gasteiger charge is -2.29. The van der Waals surface area contributed by atoms with Crippen LogP contribution in [0.3, 0.4) is 0 Å². The maximum Gasteiger partial charge on any atom is 0.337 e. The Morgan fingerprint density at radius 2 is 1.84 bits per heavy atom. The van der Waals surface area contributed by atoms with Gasteiger partial charge in [-0.25, -0.2) is 9.79 Å². The normalized spacial score (nSPS) is 17.5. The second-order valence-corrected chi connectivity index (χ2v) is 11.4. The SMILES string of the molecule is CCOc1ccc([C@@H]2C(C(=O)OC)=CN=c3s/c(=C\c4ccc(C5CCN(C)CC5)c([N+](=O)[O-])c4)c(=O)n32)cc1OCC. The summed E-state index contributed by atoms with van der Waals surface area (Å²) in [7, 11) is 3.33. The van der Waals surface area contributed by atoms with Crippen LogP contribution in [-0.4, -0.2) is 60.8 Å². The number of carbonyl (C=O) groups excluding carboxylic acids is 1. The predicted octanol–water partition coefficient (Wildman–Crippen LogP) is 3.53. The molecule has 0 bridgehead atoms. The Balaban J connectivity index is 1.60. The van der Waals surface area contributed by atoms with Crippen LogP contribution in [0.2, 0.25) is 0 Å². The number of piperidine rings is 1. The van der Waals surface area contributed by atoms with Crippen molar-refractivity contribution in [3.05, 3.63) is 94.7 Å². The zero-order valence-corrected chi connectivity index (χ0v) is 25.4. The summed E-state index contributed by atoms with van der Waals surface area (Å²) >= 11 is 1.15. The standard InChI is InChI=1S/C31H34N4O7S/c1-5-41-25-10-8-21(17-26(25)42-6-2)28-23(30(37)40-4)18-32-31-34(28)29(36)27(43-31)16-19-7-9-22(24(15-19)35(38)39)20-11-13-33(3)14-12-20/h7-10,15-18,20,28H,5-6,11-14H2,1-4H3/b27-16-/t28-/m1/s1. The van der Waals surface area contributed by atoms with Crippen LogP contribution in [0.4, 0.5) is 5.69 Å². The first-order valence-corrected chi connectivity index (χ1v) is 15.0. The van der Waals surface area contributed by atoms with Crippen molar-refractivity contribution in [3.63, 3.8) is 0 Å². The van der Waals surface area contributed by atoms with E-state index in [0.717, 1.165) is 42.8 Å². The van der Waals surface area contributed by atoms with E-state index < -0.39 is 12.0 Å². The van der Waals surface area contributed by atoms with Crippen LogP contribution in [0.25, 0.3) is 6.08 Å². The second-order valence-electron chi connectivity index (χ2n) is 10.4. The molecule has 0 unspecified atom stereocenters. The van der Waals surface area contributed by atoms with Crippen LogP contribution in [0, 0.1) is 10.1 Å². The minimum Gasteiger partial charge on any atom is -0.490 e. The summed E-state index contributed by atoms with van der Waals surface area (Å²) in [6.45, 7) is 6.35. The molecule has 226 valence electrons. The van der Waals surface area contributed by atoms with Crippen molar-refractivity contribution in [2.75, 3.05) is 40.5 Å². The summed E-state index contributed by atoms with van der Waals surface area (Å²) in [6.07, 6.45) is 4.77. The van der Waals surface area contributed by atoms with Crippen LogP contribution >= 0.6 is 11.3 Å². The summed E-state index contributed by atoms with van der Waals surface area (Å²) in [5.74, 6) is 0.537.